The van der Waals surface area contributed by atoms with Crippen LogP contribution in [0, 0.1) is 18.6 Å². The van der Waals surface area contributed by atoms with Crippen LogP contribution in [-0.4, -0.2) is 12.9 Å². The lowest BCUT2D eigenvalue weighted by Gasteiger charge is -2.04. The standard InChI is InChI=1S/C13H18N2O.C7H6F2.C2H6/c1-4-12(15-10(2)14)9-11-5-7-13(16-3)8-6-11;1-5-2-3-6(8)7(9)4-5;1-2/h4-8H,9H2,1-3H3,(H2,14,15);2-4H,1H3;1-2H3/b12-4-;;. The zero-order chi connectivity index (χ0) is 20.8. The van der Waals surface area contributed by atoms with Gasteiger partial charge in [-0.05, 0) is 56.2 Å². The Hall–Kier alpha value is -2.69. The quantitative estimate of drug-likeness (QED) is 0.540. The van der Waals surface area contributed by atoms with Gasteiger partial charge in [0, 0.05) is 12.1 Å². The molecule has 2 aromatic carbocycles. The summed E-state index contributed by atoms with van der Waals surface area (Å²) in [4.78, 5) is 4.26. The summed E-state index contributed by atoms with van der Waals surface area (Å²) in [5.74, 6) is -0.124. The smallest absolute Gasteiger partial charge is 0.159 e. The van der Waals surface area contributed by atoms with Gasteiger partial charge in [0.15, 0.2) is 11.6 Å². The molecule has 0 saturated heterocycles. The molecular formula is C22H30F2N2O. The highest BCUT2D eigenvalue weighted by atomic mass is 19.2. The summed E-state index contributed by atoms with van der Waals surface area (Å²) in [6.45, 7) is 9.46. The van der Waals surface area contributed by atoms with Crippen molar-refractivity contribution in [1.29, 1.82) is 0 Å². The topological polar surface area (TPSA) is 47.6 Å². The number of nitrogens with two attached hydrogens (primary N) is 1. The summed E-state index contributed by atoms with van der Waals surface area (Å²) in [6.07, 6.45) is 2.76. The molecule has 148 valence electrons. The van der Waals surface area contributed by atoms with Gasteiger partial charge in [0.25, 0.3) is 0 Å². The van der Waals surface area contributed by atoms with E-state index in [0.29, 0.717) is 5.84 Å². The van der Waals surface area contributed by atoms with Crippen LogP contribution in [0.1, 0.15) is 38.8 Å². The van der Waals surface area contributed by atoms with E-state index in [9.17, 15) is 8.78 Å². The molecule has 0 atom stereocenters. The molecule has 0 aliphatic carbocycles. The van der Waals surface area contributed by atoms with Gasteiger partial charge in [0.05, 0.1) is 12.9 Å². The largest absolute Gasteiger partial charge is 0.497 e. The Kier molecular flexibility index (Phi) is 12.2. The Morgan fingerprint density at radius 1 is 1.07 bits per heavy atom. The molecule has 0 fully saturated rings. The number of halogens is 2. The number of ether oxygens (including phenoxy) is 1. The van der Waals surface area contributed by atoms with E-state index in [0.717, 1.165) is 35.6 Å². The predicted molar refractivity (Wildman–Crippen MR) is 110 cm³/mol. The van der Waals surface area contributed by atoms with Crippen LogP contribution in [-0.2, 0) is 6.42 Å². The molecule has 0 aromatic heterocycles. The number of benzene rings is 2. The van der Waals surface area contributed by atoms with E-state index in [2.05, 4.69) is 4.99 Å². The molecule has 2 aromatic rings. The van der Waals surface area contributed by atoms with Gasteiger partial charge in [-0.15, -0.1) is 0 Å². The fourth-order valence-electron chi connectivity index (χ4n) is 1.99. The first-order valence-corrected chi connectivity index (χ1v) is 8.86. The first-order chi connectivity index (χ1) is 12.8. The van der Waals surface area contributed by atoms with Crippen LogP contribution in [0.2, 0.25) is 0 Å². The second-order valence-electron chi connectivity index (χ2n) is 5.48. The average Bonchev–Trinajstić information content (AvgIpc) is 2.67. The van der Waals surface area contributed by atoms with E-state index < -0.39 is 11.6 Å². The zero-order valence-corrected chi connectivity index (χ0v) is 17.0. The second-order valence-corrected chi connectivity index (χ2v) is 5.48. The zero-order valence-electron chi connectivity index (χ0n) is 17.0. The average molecular weight is 376 g/mol. The number of methoxy groups -OCH3 is 1. The van der Waals surface area contributed by atoms with Crippen molar-refractivity contribution >= 4 is 5.84 Å². The summed E-state index contributed by atoms with van der Waals surface area (Å²) in [6, 6.07) is 11.8. The van der Waals surface area contributed by atoms with E-state index in [4.69, 9.17) is 10.5 Å². The van der Waals surface area contributed by atoms with Crippen molar-refractivity contribution in [3.05, 3.63) is 77.0 Å². The van der Waals surface area contributed by atoms with Crippen LogP contribution in [0.4, 0.5) is 8.78 Å². The molecule has 0 bridgehead atoms. The van der Waals surface area contributed by atoms with Crippen molar-refractivity contribution in [3.63, 3.8) is 0 Å². The van der Waals surface area contributed by atoms with Crippen molar-refractivity contribution in [2.75, 3.05) is 7.11 Å². The van der Waals surface area contributed by atoms with Crippen LogP contribution in [0.15, 0.2) is 59.2 Å². The van der Waals surface area contributed by atoms with Gasteiger partial charge in [0.1, 0.15) is 5.75 Å². The molecule has 0 amide bonds. The maximum Gasteiger partial charge on any atom is 0.159 e. The first-order valence-electron chi connectivity index (χ1n) is 8.86. The van der Waals surface area contributed by atoms with E-state index in [1.54, 1.807) is 21.0 Å². The van der Waals surface area contributed by atoms with Gasteiger partial charge in [-0.25, -0.2) is 13.8 Å². The minimum absolute atomic E-state index is 0.585. The maximum atomic E-state index is 12.2. The summed E-state index contributed by atoms with van der Waals surface area (Å²) in [5.41, 5.74) is 8.46. The second kappa shape index (κ2) is 13.5. The van der Waals surface area contributed by atoms with Crippen LogP contribution < -0.4 is 10.5 Å². The Morgan fingerprint density at radius 2 is 1.67 bits per heavy atom. The summed E-state index contributed by atoms with van der Waals surface area (Å²) in [5, 5.41) is 0. The van der Waals surface area contributed by atoms with Gasteiger partial charge < -0.3 is 10.5 Å². The lowest BCUT2D eigenvalue weighted by Crippen LogP contribution is -2.06. The van der Waals surface area contributed by atoms with Crippen LogP contribution >= 0.6 is 0 Å². The Labute approximate surface area is 161 Å². The normalized spacial score (nSPS) is 11.0. The van der Waals surface area contributed by atoms with Gasteiger partial charge >= 0.3 is 0 Å². The van der Waals surface area contributed by atoms with E-state index in [1.807, 2.05) is 51.1 Å². The Bertz CT molecular complexity index is 734. The van der Waals surface area contributed by atoms with Gasteiger partial charge in [-0.3, -0.25) is 0 Å². The third kappa shape index (κ3) is 10.1. The molecule has 0 aliphatic heterocycles. The number of aryl methyl sites for hydroxylation is 1. The number of amidine groups is 1. The van der Waals surface area contributed by atoms with Crippen LogP contribution in [0.3, 0.4) is 0 Å². The lowest BCUT2D eigenvalue weighted by atomic mass is 10.1. The number of hydrogen-bond donors (Lipinski definition) is 1. The molecule has 0 saturated carbocycles. The number of hydrogen-bond acceptors (Lipinski definition) is 2. The SMILES string of the molecule is C/C=C(/Cc1ccc(OC)cc1)N=C(C)N.CC.Cc1ccc(F)c(F)c1. The number of aliphatic imine (C=N–C) groups is 1. The number of allylic oxidation sites excluding steroid dienone is 2. The monoisotopic (exact) mass is 376 g/mol. The van der Waals surface area contributed by atoms with Crippen molar-refractivity contribution in [2.24, 2.45) is 10.7 Å². The fraction of sp³-hybridized carbons (Fsp3) is 0.318. The lowest BCUT2D eigenvalue weighted by molar-refractivity contribution is 0.414. The molecule has 2 rings (SSSR count). The third-order valence-corrected chi connectivity index (χ3v) is 3.27. The van der Waals surface area contributed by atoms with Crippen LogP contribution in [0.25, 0.3) is 0 Å². The summed E-state index contributed by atoms with van der Waals surface area (Å²) >= 11 is 0. The molecule has 0 spiro atoms. The van der Waals surface area contributed by atoms with Crippen molar-refractivity contribution < 1.29 is 13.5 Å². The Balaban J connectivity index is 0.000000519. The first kappa shape index (κ1) is 24.3. The predicted octanol–water partition coefficient (Wildman–Crippen LogP) is 5.82. The highest BCUT2D eigenvalue weighted by Gasteiger charge is 1.99. The molecule has 0 radical (unpaired) electrons. The maximum absolute atomic E-state index is 12.2. The highest BCUT2D eigenvalue weighted by Crippen LogP contribution is 2.15. The van der Waals surface area contributed by atoms with Gasteiger partial charge in [-0.2, -0.15) is 0 Å². The fourth-order valence-corrected chi connectivity index (χ4v) is 1.99. The van der Waals surface area contributed by atoms with Gasteiger partial charge in [-0.1, -0.05) is 38.1 Å². The molecule has 2 N–H and O–H groups in total. The van der Waals surface area contributed by atoms with Gasteiger partial charge in [0.2, 0.25) is 0 Å². The molecule has 3 nitrogen and oxygen atoms in total. The highest BCUT2D eigenvalue weighted by molar-refractivity contribution is 5.78. The summed E-state index contributed by atoms with van der Waals surface area (Å²) in [7, 11) is 1.66. The summed E-state index contributed by atoms with van der Waals surface area (Å²) < 4.78 is 29.4. The Morgan fingerprint density at radius 3 is 2.07 bits per heavy atom. The third-order valence-electron chi connectivity index (χ3n) is 3.27. The minimum Gasteiger partial charge on any atom is -0.497 e. The number of nitrogens with zero attached hydrogens (tertiary/aromatic N) is 1. The van der Waals surface area contributed by atoms with E-state index >= 15 is 0 Å². The van der Waals surface area contributed by atoms with Crippen molar-refractivity contribution in [2.45, 2.75) is 41.0 Å². The van der Waals surface area contributed by atoms with Crippen molar-refractivity contribution in [3.8, 4) is 5.75 Å². The molecule has 27 heavy (non-hydrogen) atoms. The molecular weight excluding hydrogens is 346 g/mol. The molecule has 5 heteroatoms. The number of rotatable bonds is 4. The van der Waals surface area contributed by atoms with Crippen LogP contribution in [0.5, 0.6) is 5.75 Å². The molecule has 0 aliphatic rings. The molecule has 0 heterocycles. The van der Waals surface area contributed by atoms with E-state index in [1.165, 1.54) is 11.6 Å². The minimum atomic E-state index is -0.791. The van der Waals surface area contributed by atoms with Crippen molar-refractivity contribution in [1.82, 2.24) is 0 Å². The molecule has 0 unspecified atom stereocenters. The van der Waals surface area contributed by atoms with E-state index in [-0.39, 0.29) is 0 Å².